The molecule has 4 aromatic rings. The molecule has 2 fully saturated rings. The standard InChI is InChI=1S/2C10H14N5O8P.Co.4H2O/c2*11-10-13-7-4(8(18)14-10)12-2-15(7)9-6(17)5(16)3(23-9)1-22-24(19,20)21;;;;;/h2*2-3,5-6,9,16-17H,1H2,(H2,19,20,21)(H3,11,13,14,18);;4*1H2/p-4. The number of rotatable bonds is 8. The average Bonchev–Trinajstić information content (AvgIpc) is 3.72. The van der Waals surface area contributed by atoms with Gasteiger partial charge in [-0.2, -0.15) is 9.97 Å². The number of fused-ring (bicyclic) bond motifs is 2. The number of hydrogen-bond acceptors (Lipinski definition) is 22. The number of imidazole rings is 2. The number of nitrogens with one attached hydrogen (secondary N) is 2. The van der Waals surface area contributed by atoms with Crippen LogP contribution in [0.2, 0.25) is 0 Å². The van der Waals surface area contributed by atoms with Crippen molar-refractivity contribution in [1.82, 2.24) is 39.0 Å². The predicted octanol–water partition coefficient (Wildman–Crippen LogP) is -11.0. The number of phosphoric acid groups is 2. The van der Waals surface area contributed by atoms with Gasteiger partial charge in [0.15, 0.2) is 34.8 Å². The van der Waals surface area contributed by atoms with Crippen molar-refractivity contribution in [3.05, 3.63) is 33.4 Å². The normalized spacial score (nSPS) is 25.2. The van der Waals surface area contributed by atoms with Crippen molar-refractivity contribution >= 4 is 49.9 Å². The fourth-order valence-electron chi connectivity index (χ4n) is 4.78. The van der Waals surface area contributed by atoms with Crippen LogP contribution in [-0.4, -0.2) is 131 Å². The Morgan fingerprint density at radius 1 is 0.698 bits per heavy atom. The zero-order valence-corrected chi connectivity index (χ0v) is 28.8. The van der Waals surface area contributed by atoms with E-state index < -0.39 is 89.1 Å². The Morgan fingerprint density at radius 3 is 1.32 bits per heavy atom. The Hall–Kier alpha value is -3.37. The molecule has 0 amide bonds. The zero-order valence-electron chi connectivity index (χ0n) is 25.9. The Kier molecular flexibility index (Phi) is 17.6. The molecule has 2 aliphatic heterocycles. The summed E-state index contributed by atoms with van der Waals surface area (Å²) in [5, 5.41) is 40.0. The molecule has 8 atom stereocenters. The van der Waals surface area contributed by atoms with Gasteiger partial charge in [-0.1, -0.05) is 0 Å². The Morgan fingerprint density at radius 2 is 1.02 bits per heavy atom. The Bertz CT molecular complexity index is 1880. The quantitative estimate of drug-likeness (QED) is 0.0763. The van der Waals surface area contributed by atoms with Crippen LogP contribution in [0.3, 0.4) is 0 Å². The summed E-state index contributed by atoms with van der Waals surface area (Å²) in [7, 11) is -10.5. The summed E-state index contributed by atoms with van der Waals surface area (Å²) in [5.74, 6) is -0.387. The summed E-state index contributed by atoms with van der Waals surface area (Å²) in [4.78, 5) is 85.4. The van der Waals surface area contributed by atoms with Crippen LogP contribution in [0.15, 0.2) is 22.2 Å². The number of phosphoric ester groups is 2. The van der Waals surface area contributed by atoms with Gasteiger partial charge in [-0.3, -0.25) is 28.7 Å². The molecule has 305 valence electrons. The molecule has 2 aliphatic rings. The molecular weight excluding hydrogens is 821 g/mol. The molecule has 1 radical (unpaired) electrons. The molecular formula is C20H32CoN10O20P2-4. The predicted molar refractivity (Wildman–Crippen MR) is 159 cm³/mol. The second-order valence-electron chi connectivity index (χ2n) is 10.1. The number of nitrogen functional groups attached to an aromatic ring is 2. The fourth-order valence-corrected chi connectivity index (χ4v) is 5.44. The molecule has 4 aromatic heterocycles. The van der Waals surface area contributed by atoms with Crippen LogP contribution in [0.4, 0.5) is 11.9 Å². The molecule has 0 aliphatic carbocycles. The van der Waals surface area contributed by atoms with E-state index in [4.69, 9.17) is 20.9 Å². The number of ether oxygens (including phenoxy) is 2. The minimum Gasteiger partial charge on any atom is -0.790 e. The van der Waals surface area contributed by atoms with Gasteiger partial charge in [-0.15, -0.1) is 0 Å². The van der Waals surface area contributed by atoms with Gasteiger partial charge in [0.2, 0.25) is 11.9 Å². The first kappa shape index (κ1) is 49.6. The molecule has 0 bridgehead atoms. The molecule has 18 N–H and O–H groups in total. The first-order valence-electron chi connectivity index (χ1n) is 13.2. The maximum atomic E-state index is 11.7. The van der Waals surface area contributed by atoms with Gasteiger partial charge in [-0.05, 0) is 0 Å². The molecule has 0 aromatic carbocycles. The molecule has 0 spiro atoms. The minimum absolute atomic E-state index is 0. The van der Waals surface area contributed by atoms with Crippen LogP contribution in [0.1, 0.15) is 12.5 Å². The van der Waals surface area contributed by atoms with Crippen molar-refractivity contribution in [2.75, 3.05) is 24.7 Å². The first-order chi connectivity index (χ1) is 22.3. The smallest absolute Gasteiger partial charge is 0.280 e. The van der Waals surface area contributed by atoms with E-state index >= 15 is 0 Å². The summed E-state index contributed by atoms with van der Waals surface area (Å²) in [6.07, 6.45) is -8.92. The third-order valence-corrected chi connectivity index (χ3v) is 7.85. The SMILES string of the molecule is Nc1nc2c(ncn2C2OC(COP(=O)([O-])[O-])C(O)C2O)c(=O)[nH]1.Nc1nc2c(ncn2C2OC(COP(=O)([O-])[O-])C(O)C2O)c(=O)[nH]1.O.O.O.O.[Co]. The van der Waals surface area contributed by atoms with Crippen molar-refractivity contribution in [2.24, 2.45) is 0 Å². The largest absolute Gasteiger partial charge is 0.790 e. The average molecular weight is 853 g/mol. The van der Waals surface area contributed by atoms with Crippen LogP contribution in [0.5, 0.6) is 0 Å². The number of hydrogen-bond donors (Lipinski definition) is 8. The number of aliphatic hydroxyl groups is 4. The van der Waals surface area contributed by atoms with Gasteiger partial charge in [0, 0.05) is 16.8 Å². The Labute approximate surface area is 302 Å². The van der Waals surface area contributed by atoms with E-state index in [0.717, 1.165) is 21.8 Å². The van der Waals surface area contributed by atoms with Gasteiger partial charge in [0.25, 0.3) is 11.1 Å². The zero-order chi connectivity index (χ0) is 35.3. The van der Waals surface area contributed by atoms with Crippen molar-refractivity contribution < 1.29 is 106 Å². The van der Waals surface area contributed by atoms with E-state index in [-0.39, 0.29) is 72.9 Å². The van der Waals surface area contributed by atoms with Gasteiger partial charge in [-0.25, -0.2) is 9.97 Å². The van der Waals surface area contributed by atoms with Crippen LogP contribution in [-0.2, 0) is 44.4 Å². The number of H-pyrrole nitrogens is 2. The summed E-state index contributed by atoms with van der Waals surface area (Å²) < 4.78 is 42.1. The van der Waals surface area contributed by atoms with Crippen molar-refractivity contribution in [1.29, 1.82) is 0 Å². The molecule has 2 saturated heterocycles. The van der Waals surface area contributed by atoms with E-state index in [0.29, 0.717) is 0 Å². The van der Waals surface area contributed by atoms with Crippen molar-refractivity contribution in [3.63, 3.8) is 0 Å². The molecule has 8 unspecified atom stereocenters. The maximum absolute atomic E-state index is 11.7. The van der Waals surface area contributed by atoms with Crippen LogP contribution in [0, 0.1) is 0 Å². The number of aliphatic hydroxyl groups excluding tert-OH is 4. The van der Waals surface area contributed by atoms with Gasteiger partial charge < -0.3 is 101 Å². The van der Waals surface area contributed by atoms with E-state index in [1.54, 1.807) is 0 Å². The fraction of sp³-hybridized carbons (Fsp3) is 0.500. The number of aromatic amines is 2. The first-order valence-corrected chi connectivity index (χ1v) is 16.1. The molecule has 0 saturated carbocycles. The topological polar surface area (TPSA) is 549 Å². The van der Waals surface area contributed by atoms with Gasteiger partial charge >= 0.3 is 0 Å². The Balaban J connectivity index is 0.000000932. The van der Waals surface area contributed by atoms with E-state index in [2.05, 4.69) is 39.0 Å². The molecule has 6 heterocycles. The molecule has 6 rings (SSSR count). The summed E-state index contributed by atoms with van der Waals surface area (Å²) in [5.41, 5.74) is 9.54. The van der Waals surface area contributed by atoms with Gasteiger partial charge in [0.1, 0.15) is 36.6 Å². The van der Waals surface area contributed by atoms with Crippen molar-refractivity contribution in [3.8, 4) is 0 Å². The summed E-state index contributed by atoms with van der Waals surface area (Å²) in [6.45, 7) is -1.55. The number of nitrogens with zero attached hydrogens (tertiary/aromatic N) is 6. The van der Waals surface area contributed by atoms with Gasteiger partial charge in [0.05, 0.1) is 41.5 Å². The third kappa shape index (κ3) is 10.9. The number of aromatic nitrogens is 8. The third-order valence-electron chi connectivity index (χ3n) is 6.92. The second-order valence-corrected chi connectivity index (χ2v) is 12.4. The van der Waals surface area contributed by atoms with E-state index in [9.17, 15) is 58.7 Å². The minimum atomic E-state index is -5.26. The number of anilines is 2. The van der Waals surface area contributed by atoms with Crippen molar-refractivity contribution in [2.45, 2.75) is 49.1 Å². The van der Waals surface area contributed by atoms with Crippen LogP contribution in [0.25, 0.3) is 22.3 Å². The monoisotopic (exact) mass is 853 g/mol. The maximum Gasteiger partial charge on any atom is 0.280 e. The number of nitrogens with two attached hydrogens (primary N) is 2. The van der Waals surface area contributed by atoms with E-state index in [1.807, 2.05) is 0 Å². The summed E-state index contributed by atoms with van der Waals surface area (Å²) in [6, 6.07) is 0. The summed E-state index contributed by atoms with van der Waals surface area (Å²) >= 11 is 0. The van der Waals surface area contributed by atoms with E-state index in [1.165, 1.54) is 0 Å². The molecule has 53 heavy (non-hydrogen) atoms. The van der Waals surface area contributed by atoms with Crippen LogP contribution < -0.4 is 42.2 Å². The molecule has 30 nitrogen and oxygen atoms in total. The second kappa shape index (κ2) is 18.8. The molecule has 33 heteroatoms. The van der Waals surface area contributed by atoms with Crippen LogP contribution >= 0.6 is 15.6 Å².